The summed E-state index contributed by atoms with van der Waals surface area (Å²) in [6, 6.07) is 20.8. The fourth-order valence-corrected chi connectivity index (χ4v) is 4.41. The van der Waals surface area contributed by atoms with Crippen molar-refractivity contribution >= 4 is 18.5 Å². The molecule has 0 spiro atoms. The Morgan fingerprint density at radius 3 is 2.22 bits per heavy atom. The van der Waals surface area contributed by atoms with Crippen LogP contribution in [0.2, 0.25) is 0 Å². The molecule has 3 heteroatoms. The standard InChI is InChI=1S/C24H31NOS/c26-24(25(17-10-18-27)19-20-11-4-1-5-12-20)23(21-13-6-2-7-14-21)22-15-8-3-9-16-22/h1-2,4-7,11-14,22-23,27H,3,8-10,15-19H2. The number of carbonyl (C=O) groups excluding carboxylic acids is 1. The molecule has 1 aliphatic carbocycles. The van der Waals surface area contributed by atoms with E-state index in [1.807, 2.05) is 24.3 Å². The van der Waals surface area contributed by atoms with E-state index in [-0.39, 0.29) is 5.92 Å². The van der Waals surface area contributed by atoms with Crippen LogP contribution >= 0.6 is 12.6 Å². The lowest BCUT2D eigenvalue weighted by Gasteiger charge is -2.34. The summed E-state index contributed by atoms with van der Waals surface area (Å²) in [5.74, 6) is 1.54. The lowest BCUT2D eigenvalue weighted by atomic mass is 9.76. The van der Waals surface area contributed by atoms with Crippen molar-refractivity contribution in [3.63, 3.8) is 0 Å². The van der Waals surface area contributed by atoms with Crippen molar-refractivity contribution in [1.29, 1.82) is 0 Å². The Labute approximate surface area is 169 Å². The van der Waals surface area contributed by atoms with Crippen LogP contribution in [0.15, 0.2) is 60.7 Å². The summed E-state index contributed by atoms with van der Waals surface area (Å²) in [6.07, 6.45) is 7.05. The highest BCUT2D eigenvalue weighted by Crippen LogP contribution is 2.37. The zero-order valence-corrected chi connectivity index (χ0v) is 17.0. The van der Waals surface area contributed by atoms with Gasteiger partial charge in [0.05, 0.1) is 5.92 Å². The Balaban J connectivity index is 1.85. The summed E-state index contributed by atoms with van der Waals surface area (Å²) >= 11 is 4.38. The molecule has 1 atom stereocenters. The minimum Gasteiger partial charge on any atom is -0.338 e. The van der Waals surface area contributed by atoms with Gasteiger partial charge < -0.3 is 4.90 Å². The third-order valence-corrected chi connectivity index (χ3v) is 5.98. The summed E-state index contributed by atoms with van der Waals surface area (Å²) in [5, 5.41) is 0. The first-order valence-corrected chi connectivity index (χ1v) is 10.9. The van der Waals surface area contributed by atoms with Gasteiger partial charge in [0.1, 0.15) is 0 Å². The van der Waals surface area contributed by atoms with Gasteiger partial charge in [0.15, 0.2) is 0 Å². The number of hydrogen-bond acceptors (Lipinski definition) is 2. The zero-order valence-electron chi connectivity index (χ0n) is 16.1. The zero-order chi connectivity index (χ0) is 18.9. The third-order valence-electron chi connectivity index (χ3n) is 5.66. The van der Waals surface area contributed by atoms with Crippen LogP contribution in [0.4, 0.5) is 0 Å². The first-order chi connectivity index (χ1) is 13.3. The topological polar surface area (TPSA) is 20.3 Å². The predicted molar refractivity (Wildman–Crippen MR) is 116 cm³/mol. The van der Waals surface area contributed by atoms with Gasteiger partial charge >= 0.3 is 0 Å². The van der Waals surface area contributed by atoms with E-state index < -0.39 is 0 Å². The smallest absolute Gasteiger partial charge is 0.230 e. The van der Waals surface area contributed by atoms with E-state index in [1.165, 1.54) is 30.4 Å². The molecule has 0 N–H and O–H groups in total. The number of thiol groups is 1. The van der Waals surface area contributed by atoms with Crippen LogP contribution < -0.4 is 0 Å². The number of amides is 1. The van der Waals surface area contributed by atoms with Gasteiger partial charge in [-0.2, -0.15) is 12.6 Å². The molecule has 0 saturated heterocycles. The predicted octanol–water partition coefficient (Wildman–Crippen LogP) is 5.70. The minimum absolute atomic E-state index is 0.0184. The molecule has 0 bridgehead atoms. The van der Waals surface area contributed by atoms with Gasteiger partial charge in [-0.1, -0.05) is 79.9 Å². The van der Waals surface area contributed by atoms with Gasteiger partial charge in [0.25, 0.3) is 0 Å². The summed E-state index contributed by atoms with van der Waals surface area (Å²) in [5.41, 5.74) is 2.37. The van der Waals surface area contributed by atoms with E-state index in [2.05, 4.69) is 53.9 Å². The van der Waals surface area contributed by atoms with Crippen molar-refractivity contribution in [3.8, 4) is 0 Å². The highest BCUT2D eigenvalue weighted by atomic mass is 32.1. The summed E-state index contributed by atoms with van der Waals surface area (Å²) in [4.78, 5) is 15.8. The highest BCUT2D eigenvalue weighted by Gasteiger charge is 2.33. The van der Waals surface area contributed by atoms with Crippen LogP contribution in [-0.2, 0) is 11.3 Å². The number of carbonyl (C=O) groups is 1. The molecule has 2 aromatic carbocycles. The van der Waals surface area contributed by atoms with Crippen molar-refractivity contribution in [2.24, 2.45) is 5.92 Å². The molecule has 0 heterocycles. The van der Waals surface area contributed by atoms with Crippen molar-refractivity contribution < 1.29 is 4.79 Å². The molecule has 1 saturated carbocycles. The summed E-state index contributed by atoms with van der Waals surface area (Å²) in [6.45, 7) is 1.46. The normalized spacial score (nSPS) is 16.0. The van der Waals surface area contributed by atoms with Crippen LogP contribution in [-0.4, -0.2) is 23.1 Å². The number of benzene rings is 2. The highest BCUT2D eigenvalue weighted by molar-refractivity contribution is 7.80. The fourth-order valence-electron chi connectivity index (χ4n) is 4.27. The molecular weight excluding hydrogens is 350 g/mol. The van der Waals surface area contributed by atoms with Crippen molar-refractivity contribution in [3.05, 3.63) is 71.8 Å². The maximum atomic E-state index is 13.8. The average molecular weight is 382 g/mol. The van der Waals surface area contributed by atoms with Crippen molar-refractivity contribution in [1.82, 2.24) is 4.90 Å². The number of rotatable bonds is 8. The van der Waals surface area contributed by atoms with E-state index in [0.29, 0.717) is 18.4 Å². The molecule has 2 aromatic rings. The maximum Gasteiger partial charge on any atom is 0.230 e. The van der Waals surface area contributed by atoms with Gasteiger partial charge in [-0.05, 0) is 42.1 Å². The molecule has 2 nitrogen and oxygen atoms in total. The molecule has 0 radical (unpaired) electrons. The SMILES string of the molecule is O=C(C(c1ccccc1)C1CCCCC1)N(CCCS)Cc1ccccc1. The van der Waals surface area contributed by atoms with Crippen LogP contribution in [0.3, 0.4) is 0 Å². The van der Waals surface area contributed by atoms with Crippen LogP contribution in [0, 0.1) is 5.92 Å². The second kappa shape index (κ2) is 10.6. The van der Waals surface area contributed by atoms with Gasteiger partial charge in [0, 0.05) is 13.1 Å². The van der Waals surface area contributed by atoms with Gasteiger partial charge in [0.2, 0.25) is 5.91 Å². The second-order valence-corrected chi connectivity index (χ2v) is 8.06. The van der Waals surface area contributed by atoms with E-state index >= 15 is 0 Å². The Morgan fingerprint density at radius 1 is 0.963 bits per heavy atom. The van der Waals surface area contributed by atoms with Gasteiger partial charge in [-0.3, -0.25) is 4.79 Å². The maximum absolute atomic E-state index is 13.8. The lowest BCUT2D eigenvalue weighted by Crippen LogP contribution is -2.39. The molecule has 1 fully saturated rings. The second-order valence-electron chi connectivity index (χ2n) is 7.61. The third kappa shape index (κ3) is 5.62. The Morgan fingerprint density at radius 2 is 1.59 bits per heavy atom. The van der Waals surface area contributed by atoms with E-state index in [0.717, 1.165) is 31.6 Å². The van der Waals surface area contributed by atoms with Gasteiger partial charge in [-0.15, -0.1) is 0 Å². The van der Waals surface area contributed by atoms with Crippen LogP contribution in [0.1, 0.15) is 55.6 Å². The molecule has 3 rings (SSSR count). The Bertz CT molecular complexity index is 682. The van der Waals surface area contributed by atoms with Crippen LogP contribution in [0.5, 0.6) is 0 Å². The van der Waals surface area contributed by atoms with Gasteiger partial charge in [-0.25, -0.2) is 0 Å². The van der Waals surface area contributed by atoms with Crippen molar-refractivity contribution in [2.45, 2.75) is 51.0 Å². The average Bonchev–Trinajstić information content (AvgIpc) is 2.73. The molecule has 27 heavy (non-hydrogen) atoms. The monoisotopic (exact) mass is 381 g/mol. The lowest BCUT2D eigenvalue weighted by molar-refractivity contribution is -0.135. The first kappa shape index (κ1) is 20.0. The number of nitrogens with zero attached hydrogens (tertiary/aromatic N) is 1. The molecular formula is C24H31NOS. The Kier molecular flexibility index (Phi) is 7.82. The molecule has 0 aliphatic heterocycles. The molecule has 144 valence electrons. The molecule has 1 unspecified atom stereocenters. The number of hydrogen-bond donors (Lipinski definition) is 1. The fraction of sp³-hybridized carbons (Fsp3) is 0.458. The largest absolute Gasteiger partial charge is 0.338 e. The summed E-state index contributed by atoms with van der Waals surface area (Å²) < 4.78 is 0. The van der Waals surface area contributed by atoms with E-state index in [9.17, 15) is 4.79 Å². The minimum atomic E-state index is -0.0184. The molecule has 1 aliphatic rings. The van der Waals surface area contributed by atoms with E-state index in [1.54, 1.807) is 0 Å². The molecule has 0 aromatic heterocycles. The van der Waals surface area contributed by atoms with Crippen molar-refractivity contribution in [2.75, 3.05) is 12.3 Å². The summed E-state index contributed by atoms with van der Waals surface area (Å²) in [7, 11) is 0. The Hall–Kier alpha value is -1.74. The quantitative estimate of drug-likeness (QED) is 0.582. The molecule has 1 amide bonds. The van der Waals surface area contributed by atoms with E-state index in [4.69, 9.17) is 0 Å². The van der Waals surface area contributed by atoms with Crippen LogP contribution in [0.25, 0.3) is 0 Å². The first-order valence-electron chi connectivity index (χ1n) is 10.3.